The Morgan fingerprint density at radius 2 is 1.77 bits per heavy atom. The van der Waals surface area contributed by atoms with Crippen LogP contribution in [0.3, 0.4) is 0 Å². The summed E-state index contributed by atoms with van der Waals surface area (Å²) in [6, 6.07) is 18.0. The van der Waals surface area contributed by atoms with Gasteiger partial charge in [-0.1, -0.05) is 37.3 Å². The van der Waals surface area contributed by atoms with Crippen molar-refractivity contribution in [3.05, 3.63) is 71.3 Å². The molecule has 0 saturated heterocycles. The second kappa shape index (κ2) is 9.38. The topological polar surface area (TPSA) is 79.2 Å². The van der Waals surface area contributed by atoms with E-state index in [1.807, 2.05) is 36.4 Å². The van der Waals surface area contributed by atoms with Crippen LogP contribution in [0.25, 0.3) is 0 Å². The monoisotopic (exact) mass is 350 g/mol. The third-order valence-electron chi connectivity index (χ3n) is 4.19. The molecule has 5 heteroatoms. The second-order valence-electron chi connectivity index (χ2n) is 6.00. The molecule has 2 aromatic carbocycles. The Bertz CT molecular complexity index is 779. The van der Waals surface area contributed by atoms with Gasteiger partial charge in [0, 0.05) is 12.5 Å². The first-order valence-electron chi connectivity index (χ1n) is 8.59. The van der Waals surface area contributed by atoms with Gasteiger partial charge in [-0.2, -0.15) is 5.26 Å². The zero-order valence-electron chi connectivity index (χ0n) is 14.9. The van der Waals surface area contributed by atoms with Crippen molar-refractivity contribution in [2.75, 3.05) is 6.54 Å². The van der Waals surface area contributed by atoms with Crippen molar-refractivity contribution in [1.82, 2.24) is 5.32 Å². The lowest BCUT2D eigenvalue weighted by molar-refractivity contribution is -0.129. The van der Waals surface area contributed by atoms with Crippen molar-refractivity contribution in [1.29, 1.82) is 5.26 Å². The van der Waals surface area contributed by atoms with Gasteiger partial charge in [0.25, 0.3) is 5.91 Å². The minimum absolute atomic E-state index is 0.210. The number of amides is 1. The molecular weight excluding hydrogens is 328 g/mol. The fourth-order valence-electron chi connectivity index (χ4n) is 2.55. The predicted molar refractivity (Wildman–Crippen MR) is 98.5 cm³/mol. The van der Waals surface area contributed by atoms with Crippen molar-refractivity contribution < 1.29 is 14.3 Å². The fraction of sp³-hybridized carbons (Fsp3) is 0.286. The van der Waals surface area contributed by atoms with E-state index >= 15 is 0 Å². The van der Waals surface area contributed by atoms with Crippen LogP contribution in [0.1, 0.15) is 47.7 Å². The quantitative estimate of drug-likeness (QED) is 0.776. The van der Waals surface area contributed by atoms with E-state index < -0.39 is 12.1 Å². The summed E-state index contributed by atoms with van der Waals surface area (Å²) >= 11 is 0. The van der Waals surface area contributed by atoms with Gasteiger partial charge in [-0.3, -0.25) is 4.79 Å². The normalized spacial score (nSPS) is 12.5. The number of rotatable bonds is 7. The van der Waals surface area contributed by atoms with Gasteiger partial charge in [0.2, 0.25) is 0 Å². The van der Waals surface area contributed by atoms with Crippen LogP contribution >= 0.6 is 0 Å². The summed E-state index contributed by atoms with van der Waals surface area (Å²) in [4.78, 5) is 24.3. The molecular formula is C21H22N2O3. The van der Waals surface area contributed by atoms with E-state index in [0.29, 0.717) is 17.7 Å². The molecule has 0 aliphatic carbocycles. The molecule has 134 valence electrons. The fourth-order valence-corrected chi connectivity index (χ4v) is 2.55. The van der Waals surface area contributed by atoms with E-state index in [4.69, 9.17) is 10.00 Å². The number of nitriles is 1. The summed E-state index contributed by atoms with van der Waals surface area (Å²) in [6.07, 6.45) is -0.00427. The van der Waals surface area contributed by atoms with E-state index in [1.165, 1.54) is 24.3 Å². The predicted octanol–water partition coefficient (Wildman–Crippen LogP) is 3.41. The maximum absolute atomic E-state index is 12.2. The highest BCUT2D eigenvalue weighted by atomic mass is 16.5. The van der Waals surface area contributed by atoms with Crippen LogP contribution < -0.4 is 5.32 Å². The van der Waals surface area contributed by atoms with Gasteiger partial charge in [-0.15, -0.1) is 0 Å². The van der Waals surface area contributed by atoms with Gasteiger partial charge in [-0.25, -0.2) is 4.79 Å². The van der Waals surface area contributed by atoms with Gasteiger partial charge < -0.3 is 10.1 Å². The minimum Gasteiger partial charge on any atom is -0.449 e. The Labute approximate surface area is 153 Å². The number of carbonyl (C=O) groups is 2. The molecule has 0 saturated carbocycles. The summed E-state index contributed by atoms with van der Waals surface area (Å²) in [6.45, 7) is 4.09. The highest BCUT2D eigenvalue weighted by molar-refractivity contribution is 5.92. The molecule has 0 heterocycles. The van der Waals surface area contributed by atoms with Crippen molar-refractivity contribution in [2.45, 2.75) is 32.3 Å². The summed E-state index contributed by atoms with van der Waals surface area (Å²) in [7, 11) is 0. The molecule has 1 amide bonds. The number of carbonyl (C=O) groups excluding carboxylic acids is 2. The number of benzene rings is 2. The highest BCUT2D eigenvalue weighted by Gasteiger charge is 2.20. The van der Waals surface area contributed by atoms with E-state index in [0.717, 1.165) is 12.0 Å². The van der Waals surface area contributed by atoms with Crippen molar-refractivity contribution in [3.63, 3.8) is 0 Å². The van der Waals surface area contributed by atoms with Crippen LogP contribution in [-0.4, -0.2) is 24.5 Å². The summed E-state index contributed by atoms with van der Waals surface area (Å²) in [5.74, 6) is -0.713. The number of nitrogens with zero attached hydrogens (tertiary/aromatic N) is 1. The number of hydrogen-bond donors (Lipinski definition) is 1. The first-order chi connectivity index (χ1) is 12.5. The molecule has 2 rings (SSSR count). The van der Waals surface area contributed by atoms with Gasteiger partial charge >= 0.3 is 5.97 Å². The average Bonchev–Trinajstić information content (AvgIpc) is 2.69. The van der Waals surface area contributed by atoms with Crippen LogP contribution in [0.5, 0.6) is 0 Å². The number of ether oxygens (including phenoxy) is 1. The first kappa shape index (κ1) is 19.2. The van der Waals surface area contributed by atoms with Crippen LogP contribution in [0.4, 0.5) is 0 Å². The second-order valence-corrected chi connectivity index (χ2v) is 6.00. The highest BCUT2D eigenvalue weighted by Crippen LogP contribution is 2.18. The van der Waals surface area contributed by atoms with E-state index in [2.05, 4.69) is 12.2 Å². The average molecular weight is 350 g/mol. The van der Waals surface area contributed by atoms with Crippen molar-refractivity contribution in [2.24, 2.45) is 0 Å². The third-order valence-corrected chi connectivity index (χ3v) is 4.19. The number of esters is 1. The maximum atomic E-state index is 12.2. The maximum Gasteiger partial charge on any atom is 0.338 e. The molecule has 0 fully saturated rings. The Balaban J connectivity index is 1.88. The van der Waals surface area contributed by atoms with Crippen LogP contribution in [0, 0.1) is 11.3 Å². The first-order valence-corrected chi connectivity index (χ1v) is 8.59. The zero-order valence-corrected chi connectivity index (χ0v) is 14.9. The van der Waals surface area contributed by atoms with Gasteiger partial charge in [0.1, 0.15) is 0 Å². The van der Waals surface area contributed by atoms with Crippen LogP contribution in [0.2, 0.25) is 0 Å². The number of hydrogen-bond acceptors (Lipinski definition) is 4. The Kier molecular flexibility index (Phi) is 6.92. The van der Waals surface area contributed by atoms with Gasteiger partial charge in [0.15, 0.2) is 6.10 Å². The Morgan fingerprint density at radius 3 is 2.35 bits per heavy atom. The summed E-state index contributed by atoms with van der Waals surface area (Å²) in [5.41, 5.74) is 1.93. The van der Waals surface area contributed by atoms with Crippen molar-refractivity contribution >= 4 is 11.9 Å². The molecule has 26 heavy (non-hydrogen) atoms. The lowest BCUT2D eigenvalue weighted by Crippen LogP contribution is -2.38. The standard InChI is InChI=1S/C21H22N2O3/c1-3-17(18-7-5-4-6-8-18)14-23-20(24)15(2)26-21(25)19-11-9-16(13-22)10-12-19/h4-12,15,17H,3,14H2,1-2H3,(H,23,24)/t15-,17-/m1/s1. The van der Waals surface area contributed by atoms with E-state index in [9.17, 15) is 9.59 Å². The van der Waals surface area contributed by atoms with Crippen LogP contribution in [0.15, 0.2) is 54.6 Å². The van der Waals surface area contributed by atoms with Gasteiger partial charge in [0.05, 0.1) is 17.2 Å². The van der Waals surface area contributed by atoms with E-state index in [1.54, 1.807) is 6.92 Å². The summed E-state index contributed by atoms with van der Waals surface area (Å²) < 4.78 is 5.21. The Hall–Kier alpha value is -3.13. The Morgan fingerprint density at radius 1 is 1.12 bits per heavy atom. The molecule has 0 radical (unpaired) electrons. The lowest BCUT2D eigenvalue weighted by atomic mass is 9.96. The molecule has 0 spiro atoms. The lowest BCUT2D eigenvalue weighted by Gasteiger charge is -2.18. The third kappa shape index (κ3) is 5.18. The smallest absolute Gasteiger partial charge is 0.338 e. The largest absolute Gasteiger partial charge is 0.449 e. The van der Waals surface area contributed by atoms with Crippen LogP contribution in [-0.2, 0) is 9.53 Å². The SMILES string of the molecule is CC[C@H](CNC(=O)[C@@H](C)OC(=O)c1ccc(C#N)cc1)c1ccccc1. The number of nitrogens with one attached hydrogen (secondary N) is 1. The van der Waals surface area contributed by atoms with Gasteiger partial charge in [-0.05, 0) is 43.2 Å². The molecule has 1 N–H and O–H groups in total. The molecule has 0 aliphatic rings. The summed E-state index contributed by atoms with van der Waals surface area (Å²) in [5, 5.41) is 11.6. The molecule has 0 aromatic heterocycles. The van der Waals surface area contributed by atoms with Crippen molar-refractivity contribution in [3.8, 4) is 6.07 Å². The van der Waals surface area contributed by atoms with E-state index in [-0.39, 0.29) is 11.8 Å². The molecule has 0 unspecified atom stereocenters. The molecule has 2 atom stereocenters. The molecule has 0 bridgehead atoms. The minimum atomic E-state index is -0.897. The molecule has 2 aromatic rings. The molecule has 0 aliphatic heterocycles. The zero-order chi connectivity index (χ0) is 18.9. The molecule has 5 nitrogen and oxygen atoms in total.